The normalized spacial score (nSPS) is 14.1. The molecule has 0 aliphatic heterocycles. The van der Waals surface area contributed by atoms with Gasteiger partial charge in [0.25, 0.3) is 10.1 Å². The average Bonchev–Trinajstić information content (AvgIpc) is 1.62. The molecule has 0 aromatic heterocycles. The van der Waals surface area contributed by atoms with Crippen molar-refractivity contribution in [1.29, 1.82) is 0 Å². The Morgan fingerprint density at radius 3 is 1.89 bits per heavy atom. The van der Waals surface area contributed by atoms with Crippen molar-refractivity contribution in [3.63, 3.8) is 0 Å². The van der Waals surface area contributed by atoms with Crippen LogP contribution in [0.2, 0.25) is 0 Å². The summed E-state index contributed by atoms with van der Waals surface area (Å²) in [4.78, 5) is 0. The summed E-state index contributed by atoms with van der Waals surface area (Å²) < 4.78 is 28.5. The molecule has 3 nitrogen and oxygen atoms in total. The Morgan fingerprint density at radius 1 is 1.56 bits per heavy atom. The van der Waals surface area contributed by atoms with E-state index in [4.69, 9.17) is 4.55 Å². The van der Waals surface area contributed by atoms with Gasteiger partial charge in [0.2, 0.25) is 0 Å². The molecular formula is C4H10KO3S. The predicted molar refractivity (Wildman–Crippen MR) is 37.1 cm³/mol. The van der Waals surface area contributed by atoms with Crippen LogP contribution in [0.25, 0.3) is 0 Å². The smallest absolute Gasteiger partial charge is 0.267 e. The van der Waals surface area contributed by atoms with E-state index in [-0.39, 0.29) is 51.4 Å². The van der Waals surface area contributed by atoms with Gasteiger partial charge in [0.1, 0.15) is 0 Å². The van der Waals surface area contributed by atoms with E-state index >= 15 is 0 Å². The summed E-state index contributed by atoms with van der Waals surface area (Å²) in [6.07, 6.45) is 0.457. The van der Waals surface area contributed by atoms with Crippen molar-refractivity contribution in [1.82, 2.24) is 0 Å². The van der Waals surface area contributed by atoms with E-state index in [0.29, 0.717) is 6.42 Å². The van der Waals surface area contributed by atoms with E-state index in [1.54, 1.807) is 6.92 Å². The molecule has 1 N–H and O–H groups in total. The van der Waals surface area contributed by atoms with Crippen molar-refractivity contribution >= 4 is 61.5 Å². The third-order valence-corrected chi connectivity index (χ3v) is 2.43. The SMILES string of the molecule is CCC(C)S(=O)(=O)O.[K]. The Hall–Kier alpha value is 1.55. The molecule has 0 aromatic carbocycles. The third kappa shape index (κ3) is 5.97. The first kappa shape index (κ1) is 13.2. The summed E-state index contributed by atoms with van der Waals surface area (Å²) in [5, 5.41) is -0.623. The first-order valence-electron chi connectivity index (χ1n) is 2.44. The molecule has 0 saturated heterocycles. The average molecular weight is 177 g/mol. The fraction of sp³-hybridized carbons (Fsp3) is 1.00. The van der Waals surface area contributed by atoms with Gasteiger partial charge in [-0.3, -0.25) is 4.55 Å². The molecule has 0 fully saturated rings. The van der Waals surface area contributed by atoms with Gasteiger partial charge in [-0.05, 0) is 13.3 Å². The van der Waals surface area contributed by atoms with Crippen molar-refractivity contribution in [2.75, 3.05) is 0 Å². The second-order valence-corrected chi connectivity index (χ2v) is 3.57. The van der Waals surface area contributed by atoms with Crippen molar-refractivity contribution < 1.29 is 13.0 Å². The Morgan fingerprint density at radius 2 is 1.89 bits per heavy atom. The Kier molecular flexibility index (Phi) is 7.65. The number of hydrogen-bond acceptors (Lipinski definition) is 2. The molecule has 0 heterocycles. The van der Waals surface area contributed by atoms with E-state index in [1.165, 1.54) is 6.92 Å². The molecule has 0 aromatic rings. The van der Waals surface area contributed by atoms with Gasteiger partial charge in [-0.25, -0.2) is 0 Å². The molecule has 9 heavy (non-hydrogen) atoms. The molecule has 0 amide bonds. The maximum atomic E-state index is 10.1. The van der Waals surface area contributed by atoms with Gasteiger partial charge >= 0.3 is 0 Å². The quantitative estimate of drug-likeness (QED) is 0.487. The molecule has 1 radical (unpaired) electrons. The fourth-order valence-electron chi connectivity index (χ4n) is 0.211. The maximum absolute atomic E-state index is 10.1. The molecule has 51 valence electrons. The number of hydrogen-bond donors (Lipinski definition) is 1. The molecule has 1 unspecified atom stereocenters. The molecular weight excluding hydrogens is 167 g/mol. The summed E-state index contributed by atoms with van der Waals surface area (Å²) in [5.74, 6) is 0. The van der Waals surface area contributed by atoms with E-state index in [9.17, 15) is 8.42 Å². The van der Waals surface area contributed by atoms with Crippen LogP contribution in [-0.4, -0.2) is 69.6 Å². The molecule has 0 aliphatic carbocycles. The first-order valence-corrected chi connectivity index (χ1v) is 3.95. The molecule has 0 bridgehead atoms. The van der Waals surface area contributed by atoms with E-state index in [2.05, 4.69) is 0 Å². The molecule has 1 atom stereocenters. The maximum Gasteiger partial charge on any atom is 0.267 e. The van der Waals surface area contributed by atoms with Crippen LogP contribution in [0.4, 0.5) is 0 Å². The minimum absolute atomic E-state index is 0. The van der Waals surface area contributed by atoms with Gasteiger partial charge in [-0.15, -0.1) is 0 Å². The Bertz CT molecular complexity index is 151. The third-order valence-electron chi connectivity index (χ3n) is 1.08. The van der Waals surface area contributed by atoms with Crippen LogP contribution in [0.5, 0.6) is 0 Å². The molecule has 0 saturated carbocycles. The second-order valence-electron chi connectivity index (χ2n) is 1.73. The first-order chi connectivity index (χ1) is 3.48. The standard InChI is InChI=1S/C4H10O3S.K/c1-3-4(2)8(5,6)7;/h4H,3H2,1-2H3,(H,5,6,7);. The van der Waals surface area contributed by atoms with Crippen LogP contribution in [0.15, 0.2) is 0 Å². The molecule has 5 heteroatoms. The fourth-order valence-corrected chi connectivity index (χ4v) is 0.632. The molecule has 0 rings (SSSR count). The van der Waals surface area contributed by atoms with Crippen molar-refractivity contribution in [2.45, 2.75) is 25.5 Å². The number of rotatable bonds is 2. The zero-order valence-corrected chi connectivity index (χ0v) is 9.90. The van der Waals surface area contributed by atoms with Crippen molar-refractivity contribution in [2.24, 2.45) is 0 Å². The molecule has 0 aliphatic rings. The summed E-state index contributed by atoms with van der Waals surface area (Å²) >= 11 is 0. The van der Waals surface area contributed by atoms with Gasteiger partial charge in [0.05, 0.1) is 5.25 Å². The van der Waals surface area contributed by atoms with Crippen LogP contribution < -0.4 is 0 Å². The van der Waals surface area contributed by atoms with Gasteiger partial charge in [-0.1, -0.05) is 6.92 Å². The summed E-state index contributed by atoms with van der Waals surface area (Å²) in [6, 6.07) is 0. The van der Waals surface area contributed by atoms with Crippen LogP contribution in [0.1, 0.15) is 20.3 Å². The van der Waals surface area contributed by atoms with Crippen molar-refractivity contribution in [3.8, 4) is 0 Å². The van der Waals surface area contributed by atoms with Gasteiger partial charge in [0.15, 0.2) is 0 Å². The topological polar surface area (TPSA) is 54.4 Å². The van der Waals surface area contributed by atoms with E-state index in [1.807, 2.05) is 0 Å². The summed E-state index contributed by atoms with van der Waals surface area (Å²) in [6.45, 7) is 3.17. The van der Waals surface area contributed by atoms with Gasteiger partial charge < -0.3 is 0 Å². The van der Waals surface area contributed by atoms with Gasteiger partial charge in [-0.2, -0.15) is 8.42 Å². The predicted octanol–water partition coefficient (Wildman–Crippen LogP) is 0.292. The van der Waals surface area contributed by atoms with Crippen molar-refractivity contribution in [3.05, 3.63) is 0 Å². The van der Waals surface area contributed by atoms with Crippen LogP contribution in [0, 0.1) is 0 Å². The summed E-state index contributed by atoms with van der Waals surface area (Å²) in [5.41, 5.74) is 0. The van der Waals surface area contributed by atoms with E-state index in [0.717, 1.165) is 0 Å². The zero-order chi connectivity index (χ0) is 6.78. The van der Waals surface area contributed by atoms with Gasteiger partial charge in [0, 0.05) is 51.4 Å². The second kappa shape index (κ2) is 5.23. The van der Waals surface area contributed by atoms with Crippen LogP contribution in [-0.2, 0) is 10.1 Å². The summed E-state index contributed by atoms with van der Waals surface area (Å²) in [7, 11) is -3.75. The van der Waals surface area contributed by atoms with Crippen LogP contribution in [0.3, 0.4) is 0 Å². The zero-order valence-electron chi connectivity index (χ0n) is 5.96. The Balaban J connectivity index is 0. The minimum Gasteiger partial charge on any atom is -0.285 e. The largest absolute Gasteiger partial charge is 0.285 e. The van der Waals surface area contributed by atoms with E-state index < -0.39 is 15.4 Å². The molecule has 0 spiro atoms. The Labute approximate surface area is 98.4 Å². The van der Waals surface area contributed by atoms with Crippen LogP contribution >= 0.6 is 0 Å². The monoisotopic (exact) mass is 177 g/mol. The minimum atomic E-state index is -3.75.